The lowest BCUT2D eigenvalue weighted by atomic mass is 9.99. The molecule has 3 rings (SSSR count). The molecule has 1 aromatic heterocycles. The Hall–Kier alpha value is -1.20. The minimum atomic E-state index is 0.242. The zero-order valence-electron chi connectivity index (χ0n) is 10.8. The highest BCUT2D eigenvalue weighted by Crippen LogP contribution is 2.27. The molecule has 0 spiro atoms. The van der Waals surface area contributed by atoms with Crippen LogP contribution in [0.3, 0.4) is 0 Å². The van der Waals surface area contributed by atoms with E-state index in [-0.39, 0.29) is 5.15 Å². The minimum Gasteiger partial charge on any atom is -0.353 e. The zero-order valence-corrected chi connectivity index (χ0v) is 11.5. The van der Waals surface area contributed by atoms with Crippen LogP contribution in [0.5, 0.6) is 0 Å². The van der Waals surface area contributed by atoms with Gasteiger partial charge in [0.2, 0.25) is 0 Å². The van der Waals surface area contributed by atoms with Gasteiger partial charge in [0.1, 0.15) is 17.3 Å². The van der Waals surface area contributed by atoms with Crippen LogP contribution in [-0.4, -0.2) is 53.4 Å². The van der Waals surface area contributed by atoms with Crippen molar-refractivity contribution in [2.24, 2.45) is 0 Å². The molecule has 3 heterocycles. The highest BCUT2D eigenvalue weighted by atomic mass is 35.5. The molecule has 1 atom stereocenters. The number of aromatic nitrogens is 2. The number of halogens is 1. The largest absolute Gasteiger partial charge is 0.353 e. The topological polar surface area (TPSA) is 49.3 Å². The average molecular weight is 281 g/mol. The van der Waals surface area contributed by atoms with E-state index in [0.717, 1.165) is 25.9 Å². The first-order valence-corrected chi connectivity index (χ1v) is 7.12. The molecule has 0 radical (unpaired) electrons. The maximum atomic E-state index is 11.2. The summed E-state index contributed by atoms with van der Waals surface area (Å²) in [4.78, 5) is 24.0. The van der Waals surface area contributed by atoms with Gasteiger partial charge in [-0.1, -0.05) is 18.0 Å². The molecule has 0 aliphatic carbocycles. The fourth-order valence-electron chi connectivity index (χ4n) is 3.07. The van der Waals surface area contributed by atoms with Crippen molar-refractivity contribution in [2.45, 2.75) is 25.3 Å². The van der Waals surface area contributed by atoms with Crippen molar-refractivity contribution in [3.8, 4) is 0 Å². The van der Waals surface area contributed by atoms with Gasteiger partial charge in [-0.3, -0.25) is 9.69 Å². The van der Waals surface area contributed by atoms with Gasteiger partial charge < -0.3 is 4.90 Å². The first kappa shape index (κ1) is 12.8. The van der Waals surface area contributed by atoms with E-state index in [1.807, 2.05) is 0 Å². The second-order valence-corrected chi connectivity index (χ2v) is 5.51. The van der Waals surface area contributed by atoms with Gasteiger partial charge >= 0.3 is 0 Å². The molecule has 0 amide bonds. The third-order valence-corrected chi connectivity index (χ3v) is 4.37. The molecule has 0 bridgehead atoms. The van der Waals surface area contributed by atoms with Crippen LogP contribution in [0.15, 0.2) is 6.33 Å². The van der Waals surface area contributed by atoms with Crippen molar-refractivity contribution in [3.63, 3.8) is 0 Å². The number of hydrogen-bond acceptors (Lipinski definition) is 5. The molecule has 2 fully saturated rings. The molecule has 1 aromatic rings. The number of rotatable bonds is 2. The lowest BCUT2D eigenvalue weighted by Gasteiger charge is -2.44. The Bertz CT molecular complexity index is 482. The van der Waals surface area contributed by atoms with E-state index in [9.17, 15) is 4.79 Å². The van der Waals surface area contributed by atoms with Crippen LogP contribution in [0.25, 0.3) is 0 Å². The zero-order chi connectivity index (χ0) is 13.2. The van der Waals surface area contributed by atoms with Gasteiger partial charge in [-0.15, -0.1) is 0 Å². The van der Waals surface area contributed by atoms with Gasteiger partial charge in [0.05, 0.1) is 5.56 Å². The van der Waals surface area contributed by atoms with Gasteiger partial charge in [-0.05, 0) is 19.4 Å². The van der Waals surface area contributed by atoms with Crippen molar-refractivity contribution in [3.05, 3.63) is 17.0 Å². The molecule has 1 unspecified atom stereocenters. The number of carbonyl (C=O) groups is 1. The average Bonchev–Trinajstić information content (AvgIpc) is 2.46. The monoisotopic (exact) mass is 280 g/mol. The number of piperazine rings is 1. The van der Waals surface area contributed by atoms with Crippen LogP contribution in [0, 0.1) is 0 Å². The van der Waals surface area contributed by atoms with E-state index in [2.05, 4.69) is 19.8 Å². The van der Waals surface area contributed by atoms with Crippen LogP contribution in [-0.2, 0) is 0 Å². The number of nitrogens with zero attached hydrogens (tertiary/aromatic N) is 4. The molecule has 2 aliphatic rings. The fraction of sp³-hybridized carbons (Fsp3) is 0.615. The van der Waals surface area contributed by atoms with Crippen molar-refractivity contribution in [2.75, 3.05) is 31.1 Å². The maximum absolute atomic E-state index is 11.2. The molecule has 0 N–H and O–H groups in total. The Kier molecular flexibility index (Phi) is 3.66. The van der Waals surface area contributed by atoms with Crippen LogP contribution >= 0.6 is 11.6 Å². The van der Waals surface area contributed by atoms with E-state index in [4.69, 9.17) is 11.6 Å². The number of fused-ring (bicyclic) bond motifs is 1. The molecule has 102 valence electrons. The summed E-state index contributed by atoms with van der Waals surface area (Å²) in [5, 5.41) is 0.242. The van der Waals surface area contributed by atoms with Crippen molar-refractivity contribution >= 4 is 23.7 Å². The van der Waals surface area contributed by atoms with Crippen molar-refractivity contribution < 1.29 is 4.79 Å². The molecule has 19 heavy (non-hydrogen) atoms. The standard InChI is InChI=1S/C13H17ClN4O/c14-12-11(8-19)13(16-9-15-12)18-6-5-17-4-2-1-3-10(17)7-18/h8-10H,1-7H2. The number of carbonyl (C=O) groups excluding carboxylic acids is 1. The number of aldehydes is 1. The second kappa shape index (κ2) is 5.43. The van der Waals surface area contributed by atoms with Gasteiger partial charge in [0.15, 0.2) is 6.29 Å². The summed E-state index contributed by atoms with van der Waals surface area (Å²) in [6.07, 6.45) is 6.00. The van der Waals surface area contributed by atoms with E-state index in [1.165, 1.54) is 32.1 Å². The summed E-state index contributed by atoms with van der Waals surface area (Å²) >= 11 is 5.97. The van der Waals surface area contributed by atoms with Crippen LogP contribution in [0.2, 0.25) is 5.15 Å². The summed E-state index contributed by atoms with van der Waals surface area (Å²) in [6.45, 7) is 4.05. The van der Waals surface area contributed by atoms with Crippen LogP contribution in [0.1, 0.15) is 29.6 Å². The third-order valence-electron chi connectivity index (χ3n) is 4.07. The molecule has 0 saturated carbocycles. The van der Waals surface area contributed by atoms with Crippen molar-refractivity contribution in [1.82, 2.24) is 14.9 Å². The lowest BCUT2D eigenvalue weighted by molar-refractivity contribution is 0.112. The lowest BCUT2D eigenvalue weighted by Crippen LogP contribution is -2.55. The molecule has 2 aliphatic heterocycles. The fourth-order valence-corrected chi connectivity index (χ4v) is 3.24. The minimum absolute atomic E-state index is 0.242. The quantitative estimate of drug-likeness (QED) is 0.609. The molecular weight excluding hydrogens is 264 g/mol. The summed E-state index contributed by atoms with van der Waals surface area (Å²) < 4.78 is 0. The first-order chi connectivity index (χ1) is 9.29. The molecular formula is C13H17ClN4O. The van der Waals surface area contributed by atoms with E-state index < -0.39 is 0 Å². The maximum Gasteiger partial charge on any atom is 0.156 e. The number of anilines is 1. The molecule has 6 heteroatoms. The number of hydrogen-bond donors (Lipinski definition) is 0. The Labute approximate surface area is 117 Å². The summed E-state index contributed by atoms with van der Waals surface area (Å²) in [7, 11) is 0. The van der Waals surface area contributed by atoms with Gasteiger partial charge in [0, 0.05) is 25.7 Å². The van der Waals surface area contributed by atoms with Crippen molar-refractivity contribution in [1.29, 1.82) is 0 Å². The molecule has 5 nitrogen and oxygen atoms in total. The molecule has 0 aromatic carbocycles. The Morgan fingerprint density at radius 3 is 3.00 bits per heavy atom. The predicted octanol–water partition coefficient (Wildman–Crippen LogP) is 1.62. The highest BCUT2D eigenvalue weighted by Gasteiger charge is 2.30. The SMILES string of the molecule is O=Cc1c(Cl)ncnc1N1CCN2CCCCC2C1. The number of piperidine rings is 1. The Morgan fingerprint density at radius 1 is 1.26 bits per heavy atom. The predicted molar refractivity (Wildman–Crippen MR) is 73.9 cm³/mol. The van der Waals surface area contributed by atoms with E-state index in [0.29, 0.717) is 17.4 Å². The smallest absolute Gasteiger partial charge is 0.156 e. The van der Waals surface area contributed by atoms with Crippen LogP contribution < -0.4 is 4.90 Å². The van der Waals surface area contributed by atoms with E-state index >= 15 is 0 Å². The van der Waals surface area contributed by atoms with Gasteiger partial charge in [-0.25, -0.2) is 9.97 Å². The first-order valence-electron chi connectivity index (χ1n) is 6.74. The Balaban J connectivity index is 1.83. The van der Waals surface area contributed by atoms with E-state index in [1.54, 1.807) is 0 Å². The van der Waals surface area contributed by atoms with Crippen LogP contribution in [0.4, 0.5) is 5.82 Å². The second-order valence-electron chi connectivity index (χ2n) is 5.15. The summed E-state index contributed by atoms with van der Waals surface area (Å²) in [5.74, 6) is 0.681. The Morgan fingerprint density at radius 2 is 2.16 bits per heavy atom. The summed E-state index contributed by atoms with van der Waals surface area (Å²) in [6, 6.07) is 0.579. The third kappa shape index (κ3) is 2.44. The summed E-state index contributed by atoms with van der Waals surface area (Å²) in [5.41, 5.74) is 0.411. The molecule has 2 saturated heterocycles. The normalized spacial score (nSPS) is 24.1. The highest BCUT2D eigenvalue weighted by molar-refractivity contribution is 6.32. The van der Waals surface area contributed by atoms with Gasteiger partial charge in [-0.2, -0.15) is 0 Å². The van der Waals surface area contributed by atoms with Gasteiger partial charge in [0.25, 0.3) is 0 Å².